The van der Waals surface area contributed by atoms with E-state index < -0.39 is 18.0 Å². The number of methoxy groups -OCH3 is 1. The quantitative estimate of drug-likeness (QED) is 0.875. The third kappa shape index (κ3) is 2.49. The maximum atomic E-state index is 11.9. The van der Waals surface area contributed by atoms with Gasteiger partial charge in [-0.25, -0.2) is 14.6 Å². The van der Waals surface area contributed by atoms with Gasteiger partial charge in [0.25, 0.3) is 0 Å². The predicted molar refractivity (Wildman–Crippen MR) is 77.5 cm³/mol. The Morgan fingerprint density at radius 3 is 2.48 bits per heavy atom. The summed E-state index contributed by atoms with van der Waals surface area (Å²) in [5.41, 5.74) is 1.14. The molecule has 1 heterocycles. The van der Waals surface area contributed by atoms with Crippen molar-refractivity contribution in [2.45, 2.75) is 32.7 Å². The summed E-state index contributed by atoms with van der Waals surface area (Å²) in [5.74, 6) is -0.717. The zero-order valence-corrected chi connectivity index (χ0v) is 12.5. The van der Waals surface area contributed by atoms with E-state index in [1.54, 1.807) is 23.6 Å². The highest BCUT2D eigenvalue weighted by Gasteiger charge is 2.25. The first-order valence-corrected chi connectivity index (χ1v) is 6.70. The molecule has 0 saturated heterocycles. The smallest absolute Gasteiger partial charge is 0.337 e. The average molecular weight is 290 g/mol. The third-order valence-corrected chi connectivity index (χ3v) is 3.42. The Kier molecular flexibility index (Phi) is 3.97. The molecular formula is C15H18N2O4. The number of hydrogen-bond acceptors (Lipinski definition) is 4. The molecule has 1 aromatic carbocycles. The lowest BCUT2D eigenvalue weighted by molar-refractivity contribution is -0.144. The number of ether oxygens (including phenoxy) is 1. The molecule has 2 aromatic rings. The number of hydrogen-bond donors (Lipinski definition) is 1. The normalized spacial score (nSPS) is 12.6. The SMILES string of the molecule is COC(=O)C(C)n1c(C(C)C)nc2c(C(=O)O)cccc21. The van der Waals surface area contributed by atoms with Crippen molar-refractivity contribution in [1.29, 1.82) is 0 Å². The minimum absolute atomic E-state index is 0.0474. The van der Waals surface area contributed by atoms with Crippen LogP contribution in [0.5, 0.6) is 0 Å². The van der Waals surface area contributed by atoms with E-state index in [1.165, 1.54) is 13.2 Å². The van der Waals surface area contributed by atoms with E-state index in [9.17, 15) is 14.7 Å². The summed E-state index contributed by atoms with van der Waals surface area (Å²) in [6.45, 7) is 5.61. The Bertz CT molecular complexity index is 703. The molecule has 1 atom stereocenters. The highest BCUT2D eigenvalue weighted by molar-refractivity contribution is 6.01. The molecule has 0 amide bonds. The Morgan fingerprint density at radius 1 is 1.29 bits per heavy atom. The fourth-order valence-corrected chi connectivity index (χ4v) is 2.40. The number of rotatable bonds is 4. The van der Waals surface area contributed by atoms with E-state index in [0.29, 0.717) is 16.9 Å². The van der Waals surface area contributed by atoms with Crippen molar-refractivity contribution in [2.24, 2.45) is 0 Å². The van der Waals surface area contributed by atoms with Crippen molar-refractivity contribution in [3.63, 3.8) is 0 Å². The summed E-state index contributed by atoms with van der Waals surface area (Å²) < 4.78 is 6.54. The highest BCUT2D eigenvalue weighted by atomic mass is 16.5. The molecule has 0 aliphatic rings. The molecule has 1 N–H and O–H groups in total. The molecule has 0 aliphatic heterocycles. The van der Waals surface area contributed by atoms with Crippen molar-refractivity contribution in [3.8, 4) is 0 Å². The molecular weight excluding hydrogens is 272 g/mol. The molecule has 0 aliphatic carbocycles. The largest absolute Gasteiger partial charge is 0.478 e. The number of benzene rings is 1. The van der Waals surface area contributed by atoms with Gasteiger partial charge in [0.15, 0.2) is 0 Å². The molecule has 2 rings (SSSR count). The molecule has 0 bridgehead atoms. The molecule has 112 valence electrons. The molecule has 1 unspecified atom stereocenters. The van der Waals surface area contributed by atoms with Gasteiger partial charge in [-0.2, -0.15) is 0 Å². The van der Waals surface area contributed by atoms with Crippen LogP contribution in [0.15, 0.2) is 18.2 Å². The van der Waals surface area contributed by atoms with Gasteiger partial charge in [0, 0.05) is 5.92 Å². The van der Waals surface area contributed by atoms with Gasteiger partial charge in [0.2, 0.25) is 0 Å². The number of imidazole rings is 1. The number of carboxylic acid groups (broad SMARTS) is 1. The maximum Gasteiger partial charge on any atom is 0.337 e. The van der Waals surface area contributed by atoms with Crippen molar-refractivity contribution >= 4 is 23.0 Å². The number of fused-ring (bicyclic) bond motifs is 1. The first-order valence-electron chi connectivity index (χ1n) is 6.70. The van der Waals surface area contributed by atoms with Gasteiger partial charge in [-0.1, -0.05) is 19.9 Å². The Balaban J connectivity index is 2.78. The number of para-hydroxylation sites is 1. The van der Waals surface area contributed by atoms with Crippen LogP contribution < -0.4 is 0 Å². The van der Waals surface area contributed by atoms with Crippen LogP contribution in [-0.2, 0) is 9.53 Å². The molecule has 0 radical (unpaired) electrons. The van der Waals surface area contributed by atoms with Crippen molar-refractivity contribution in [2.75, 3.05) is 7.11 Å². The zero-order chi connectivity index (χ0) is 15.7. The lowest BCUT2D eigenvalue weighted by Gasteiger charge is -2.17. The second kappa shape index (κ2) is 5.55. The summed E-state index contributed by atoms with van der Waals surface area (Å²) in [5, 5.41) is 9.27. The van der Waals surface area contributed by atoms with Crippen LogP contribution in [0.1, 0.15) is 48.9 Å². The zero-order valence-electron chi connectivity index (χ0n) is 12.5. The van der Waals surface area contributed by atoms with Gasteiger partial charge >= 0.3 is 11.9 Å². The van der Waals surface area contributed by atoms with Gasteiger partial charge in [0.1, 0.15) is 17.4 Å². The molecule has 6 nitrogen and oxygen atoms in total. The monoisotopic (exact) mass is 290 g/mol. The van der Waals surface area contributed by atoms with Crippen LogP contribution in [0.3, 0.4) is 0 Å². The van der Waals surface area contributed by atoms with E-state index in [2.05, 4.69) is 4.98 Å². The Hall–Kier alpha value is -2.37. The Labute approximate surface area is 122 Å². The number of carbonyl (C=O) groups excluding carboxylic acids is 1. The predicted octanol–water partition coefficient (Wildman–Crippen LogP) is 2.59. The summed E-state index contributed by atoms with van der Waals surface area (Å²) in [6, 6.07) is 4.36. The van der Waals surface area contributed by atoms with E-state index in [1.807, 2.05) is 13.8 Å². The fraction of sp³-hybridized carbons (Fsp3) is 0.400. The number of carboxylic acids is 1. The van der Waals surface area contributed by atoms with Crippen molar-refractivity contribution in [1.82, 2.24) is 9.55 Å². The molecule has 6 heteroatoms. The van der Waals surface area contributed by atoms with Gasteiger partial charge in [0.05, 0.1) is 18.2 Å². The minimum atomic E-state index is -1.04. The third-order valence-electron chi connectivity index (χ3n) is 3.42. The fourth-order valence-electron chi connectivity index (χ4n) is 2.40. The summed E-state index contributed by atoms with van der Waals surface area (Å²) in [4.78, 5) is 27.6. The van der Waals surface area contributed by atoms with Crippen LogP contribution in [0.25, 0.3) is 11.0 Å². The number of aromatic carboxylic acids is 1. The van der Waals surface area contributed by atoms with Gasteiger partial charge in [-0.15, -0.1) is 0 Å². The van der Waals surface area contributed by atoms with Crippen molar-refractivity contribution in [3.05, 3.63) is 29.6 Å². The first kappa shape index (κ1) is 15.0. The van der Waals surface area contributed by atoms with Crippen LogP contribution >= 0.6 is 0 Å². The lowest BCUT2D eigenvalue weighted by atomic mass is 10.1. The lowest BCUT2D eigenvalue weighted by Crippen LogP contribution is -2.20. The second-order valence-corrected chi connectivity index (χ2v) is 5.17. The van der Waals surface area contributed by atoms with Crippen LogP contribution in [0.4, 0.5) is 0 Å². The average Bonchev–Trinajstić information content (AvgIpc) is 2.84. The maximum absolute atomic E-state index is 11.9. The van der Waals surface area contributed by atoms with Gasteiger partial charge in [-0.05, 0) is 19.1 Å². The molecule has 0 spiro atoms. The number of aromatic nitrogens is 2. The summed E-state index contributed by atoms with van der Waals surface area (Å²) in [6.07, 6.45) is 0. The number of carbonyl (C=O) groups is 2. The molecule has 21 heavy (non-hydrogen) atoms. The summed E-state index contributed by atoms with van der Waals surface area (Å²) in [7, 11) is 1.33. The van der Waals surface area contributed by atoms with E-state index >= 15 is 0 Å². The summed E-state index contributed by atoms with van der Waals surface area (Å²) >= 11 is 0. The number of esters is 1. The van der Waals surface area contributed by atoms with Crippen molar-refractivity contribution < 1.29 is 19.4 Å². The van der Waals surface area contributed by atoms with E-state index in [-0.39, 0.29) is 11.5 Å². The number of nitrogens with zero attached hydrogens (tertiary/aromatic N) is 2. The van der Waals surface area contributed by atoms with Crippen LogP contribution in [0, 0.1) is 0 Å². The van der Waals surface area contributed by atoms with Crippen LogP contribution in [0.2, 0.25) is 0 Å². The Morgan fingerprint density at radius 2 is 1.95 bits per heavy atom. The van der Waals surface area contributed by atoms with Gasteiger partial charge < -0.3 is 14.4 Å². The second-order valence-electron chi connectivity index (χ2n) is 5.17. The molecule has 0 saturated carbocycles. The van der Waals surface area contributed by atoms with Crippen LogP contribution in [-0.4, -0.2) is 33.7 Å². The molecule has 0 fully saturated rings. The first-order chi connectivity index (χ1) is 9.88. The standard InChI is InChI=1S/C15H18N2O4/c1-8(2)13-16-12-10(14(18)19)6-5-7-11(12)17(13)9(3)15(20)21-4/h5-9H,1-4H3,(H,18,19). The topological polar surface area (TPSA) is 81.4 Å². The minimum Gasteiger partial charge on any atom is -0.478 e. The van der Waals surface area contributed by atoms with E-state index in [4.69, 9.17) is 4.74 Å². The van der Waals surface area contributed by atoms with E-state index in [0.717, 1.165) is 0 Å². The highest BCUT2D eigenvalue weighted by Crippen LogP contribution is 2.28. The molecule has 1 aromatic heterocycles. The van der Waals surface area contributed by atoms with Gasteiger partial charge in [-0.3, -0.25) is 0 Å².